The summed E-state index contributed by atoms with van der Waals surface area (Å²) in [5.41, 5.74) is 3.66. The van der Waals surface area contributed by atoms with Gasteiger partial charge in [-0.15, -0.1) is 0 Å². The molecule has 1 aliphatic carbocycles. The summed E-state index contributed by atoms with van der Waals surface area (Å²) in [4.78, 5) is 4.48. The van der Waals surface area contributed by atoms with Gasteiger partial charge in [-0.25, -0.2) is 0 Å². The molecule has 2 atom stereocenters. The van der Waals surface area contributed by atoms with Crippen LogP contribution in [-0.4, -0.2) is 25.2 Å². The van der Waals surface area contributed by atoms with Gasteiger partial charge < -0.3 is 10.1 Å². The van der Waals surface area contributed by atoms with Crippen LogP contribution in [0.5, 0.6) is 5.75 Å². The van der Waals surface area contributed by atoms with Crippen LogP contribution in [0.15, 0.2) is 18.3 Å². The first kappa shape index (κ1) is 12.7. The van der Waals surface area contributed by atoms with Crippen molar-refractivity contribution in [2.75, 3.05) is 20.2 Å². The normalized spacial score (nSPS) is 26.5. The first-order valence-corrected chi connectivity index (χ1v) is 7.21. The fourth-order valence-corrected chi connectivity index (χ4v) is 3.44. The highest BCUT2D eigenvalue weighted by Gasteiger charge is 2.30. The van der Waals surface area contributed by atoms with E-state index in [2.05, 4.69) is 22.4 Å². The Morgan fingerprint density at radius 1 is 1.37 bits per heavy atom. The van der Waals surface area contributed by atoms with Gasteiger partial charge in [0.1, 0.15) is 5.75 Å². The second-order valence-electron chi connectivity index (χ2n) is 5.61. The van der Waals surface area contributed by atoms with Crippen LogP contribution in [0.1, 0.15) is 30.5 Å². The Balaban J connectivity index is 1.94. The standard InChI is InChI=1S/C16H22N2O/c1-11-16(19-2)8-13(9-18-11)14-5-3-4-12-6-7-17-10-15(12)14/h5,8-9,12,15,17H,3-4,6-7,10H2,1-2H3. The van der Waals surface area contributed by atoms with E-state index in [-0.39, 0.29) is 0 Å². The van der Waals surface area contributed by atoms with E-state index in [0.29, 0.717) is 5.92 Å². The lowest BCUT2D eigenvalue weighted by atomic mass is 9.73. The lowest BCUT2D eigenvalue weighted by Crippen LogP contribution is -2.38. The number of pyridine rings is 1. The highest BCUT2D eigenvalue weighted by molar-refractivity contribution is 5.69. The van der Waals surface area contributed by atoms with E-state index >= 15 is 0 Å². The average molecular weight is 258 g/mol. The molecule has 0 aromatic carbocycles. The van der Waals surface area contributed by atoms with Crippen molar-refractivity contribution in [1.82, 2.24) is 10.3 Å². The van der Waals surface area contributed by atoms with E-state index in [1.165, 1.54) is 36.9 Å². The molecule has 1 aromatic heterocycles. The van der Waals surface area contributed by atoms with Gasteiger partial charge in [-0.1, -0.05) is 6.08 Å². The lowest BCUT2D eigenvalue weighted by molar-refractivity contribution is 0.285. The number of nitrogens with zero attached hydrogens (tertiary/aromatic N) is 1. The minimum absolute atomic E-state index is 0.650. The third-order valence-corrected chi connectivity index (χ3v) is 4.52. The maximum atomic E-state index is 5.41. The molecule has 1 N–H and O–H groups in total. The molecule has 0 spiro atoms. The summed E-state index contributed by atoms with van der Waals surface area (Å²) in [6, 6.07) is 2.14. The van der Waals surface area contributed by atoms with Crippen LogP contribution in [0.25, 0.3) is 5.57 Å². The first-order chi connectivity index (χ1) is 9.29. The Bertz CT molecular complexity index is 496. The van der Waals surface area contributed by atoms with Gasteiger partial charge in [0.15, 0.2) is 0 Å². The third kappa shape index (κ3) is 2.39. The summed E-state index contributed by atoms with van der Waals surface area (Å²) in [6.07, 6.45) is 8.25. The zero-order chi connectivity index (χ0) is 13.2. The predicted octanol–water partition coefficient (Wildman–Crippen LogP) is 2.80. The van der Waals surface area contributed by atoms with Crippen LogP contribution >= 0.6 is 0 Å². The summed E-state index contributed by atoms with van der Waals surface area (Å²) in [7, 11) is 1.72. The Morgan fingerprint density at radius 2 is 2.26 bits per heavy atom. The molecule has 3 rings (SSSR count). The SMILES string of the molecule is COc1cc(C2=CCCC3CCNCC23)cnc1C. The highest BCUT2D eigenvalue weighted by atomic mass is 16.5. The van der Waals surface area contributed by atoms with E-state index in [9.17, 15) is 0 Å². The first-order valence-electron chi connectivity index (χ1n) is 7.21. The monoisotopic (exact) mass is 258 g/mol. The zero-order valence-corrected chi connectivity index (χ0v) is 11.8. The maximum absolute atomic E-state index is 5.41. The maximum Gasteiger partial charge on any atom is 0.140 e. The Morgan fingerprint density at radius 3 is 3.11 bits per heavy atom. The van der Waals surface area contributed by atoms with Gasteiger partial charge in [-0.3, -0.25) is 4.98 Å². The molecule has 2 aliphatic rings. The quantitative estimate of drug-likeness (QED) is 0.885. The van der Waals surface area contributed by atoms with Gasteiger partial charge in [0.25, 0.3) is 0 Å². The molecule has 19 heavy (non-hydrogen) atoms. The molecule has 102 valence electrons. The number of nitrogens with one attached hydrogen (secondary N) is 1. The number of hydrogen-bond acceptors (Lipinski definition) is 3. The van der Waals surface area contributed by atoms with Crippen LogP contribution in [-0.2, 0) is 0 Å². The van der Waals surface area contributed by atoms with E-state index < -0.39 is 0 Å². The number of piperidine rings is 1. The van der Waals surface area contributed by atoms with Gasteiger partial charge in [-0.2, -0.15) is 0 Å². The summed E-state index contributed by atoms with van der Waals surface area (Å²) in [5, 5.41) is 3.53. The van der Waals surface area contributed by atoms with Crippen molar-refractivity contribution in [3.05, 3.63) is 29.6 Å². The van der Waals surface area contributed by atoms with E-state index in [1.807, 2.05) is 13.1 Å². The molecule has 1 saturated heterocycles. The molecule has 0 saturated carbocycles. The molecule has 3 nitrogen and oxygen atoms in total. The number of rotatable bonds is 2. The second kappa shape index (κ2) is 5.33. The van der Waals surface area contributed by atoms with Crippen molar-refractivity contribution in [3.63, 3.8) is 0 Å². The average Bonchev–Trinajstić information content (AvgIpc) is 2.47. The molecule has 3 heteroatoms. The largest absolute Gasteiger partial charge is 0.495 e. The van der Waals surface area contributed by atoms with Crippen LogP contribution in [0, 0.1) is 18.8 Å². The van der Waals surface area contributed by atoms with Gasteiger partial charge in [0, 0.05) is 12.7 Å². The molecule has 0 bridgehead atoms. The molecular formula is C16H22N2O. The van der Waals surface area contributed by atoms with Crippen molar-refractivity contribution in [1.29, 1.82) is 0 Å². The van der Waals surface area contributed by atoms with Crippen LogP contribution < -0.4 is 10.1 Å². The van der Waals surface area contributed by atoms with Crippen molar-refractivity contribution < 1.29 is 4.74 Å². The number of fused-ring (bicyclic) bond motifs is 1. The van der Waals surface area contributed by atoms with Gasteiger partial charge in [0.05, 0.1) is 12.8 Å². The zero-order valence-electron chi connectivity index (χ0n) is 11.8. The summed E-state index contributed by atoms with van der Waals surface area (Å²) < 4.78 is 5.41. The van der Waals surface area contributed by atoms with Gasteiger partial charge in [0.2, 0.25) is 0 Å². The Kier molecular flexibility index (Phi) is 3.56. The molecule has 1 aliphatic heterocycles. The van der Waals surface area contributed by atoms with Crippen LogP contribution in [0.3, 0.4) is 0 Å². The number of aromatic nitrogens is 1. The van der Waals surface area contributed by atoms with E-state index in [4.69, 9.17) is 4.74 Å². The Labute approximate surface area is 115 Å². The molecule has 0 amide bonds. The molecule has 0 radical (unpaired) electrons. The fraction of sp³-hybridized carbons (Fsp3) is 0.562. The topological polar surface area (TPSA) is 34.1 Å². The number of methoxy groups -OCH3 is 1. The second-order valence-corrected chi connectivity index (χ2v) is 5.61. The molecule has 1 aromatic rings. The third-order valence-electron chi connectivity index (χ3n) is 4.52. The van der Waals surface area contributed by atoms with E-state index in [0.717, 1.165) is 23.9 Å². The lowest BCUT2D eigenvalue weighted by Gasteiger charge is -2.37. The fourth-order valence-electron chi connectivity index (χ4n) is 3.44. The molecular weight excluding hydrogens is 236 g/mol. The van der Waals surface area contributed by atoms with Gasteiger partial charge >= 0.3 is 0 Å². The van der Waals surface area contributed by atoms with Crippen molar-refractivity contribution in [3.8, 4) is 5.75 Å². The minimum Gasteiger partial charge on any atom is -0.495 e. The number of aryl methyl sites for hydroxylation is 1. The summed E-state index contributed by atoms with van der Waals surface area (Å²) in [5.74, 6) is 2.38. The smallest absolute Gasteiger partial charge is 0.140 e. The molecule has 2 unspecified atom stereocenters. The number of allylic oxidation sites excluding steroid dienone is 1. The highest BCUT2D eigenvalue weighted by Crippen LogP contribution is 2.40. The minimum atomic E-state index is 0.650. The number of hydrogen-bond donors (Lipinski definition) is 1. The van der Waals surface area contributed by atoms with Gasteiger partial charge in [-0.05, 0) is 61.8 Å². The van der Waals surface area contributed by atoms with Crippen LogP contribution in [0.2, 0.25) is 0 Å². The van der Waals surface area contributed by atoms with Crippen molar-refractivity contribution >= 4 is 5.57 Å². The Hall–Kier alpha value is -1.35. The van der Waals surface area contributed by atoms with Crippen LogP contribution in [0.4, 0.5) is 0 Å². The molecule has 1 fully saturated rings. The predicted molar refractivity (Wildman–Crippen MR) is 77.2 cm³/mol. The van der Waals surface area contributed by atoms with Crippen molar-refractivity contribution in [2.45, 2.75) is 26.2 Å². The van der Waals surface area contributed by atoms with E-state index in [1.54, 1.807) is 7.11 Å². The number of ether oxygens (including phenoxy) is 1. The summed E-state index contributed by atoms with van der Waals surface area (Å²) >= 11 is 0. The summed E-state index contributed by atoms with van der Waals surface area (Å²) in [6.45, 7) is 4.26. The molecule has 2 heterocycles. The van der Waals surface area contributed by atoms with Crippen molar-refractivity contribution in [2.24, 2.45) is 11.8 Å².